The molecule has 0 radical (unpaired) electrons. The van der Waals surface area contributed by atoms with Crippen molar-refractivity contribution in [3.63, 3.8) is 0 Å². The Morgan fingerprint density at radius 1 is 1.04 bits per heavy atom. The summed E-state index contributed by atoms with van der Waals surface area (Å²) >= 11 is 0. The number of carbonyl (C=O) groups is 1. The average Bonchev–Trinajstić information content (AvgIpc) is 2.94. The maximum atomic E-state index is 12.9. The molecule has 1 spiro atoms. The Morgan fingerprint density at radius 2 is 1.68 bits per heavy atom. The fraction of sp³-hybridized carbons (Fsp3) is 0.409. The van der Waals surface area contributed by atoms with Crippen LogP contribution < -0.4 is 9.80 Å². The third-order valence-corrected chi connectivity index (χ3v) is 6.19. The van der Waals surface area contributed by atoms with Crippen molar-refractivity contribution in [2.75, 3.05) is 30.4 Å². The fourth-order valence-electron chi connectivity index (χ4n) is 4.78. The first-order chi connectivity index (χ1) is 12.1. The number of hydrogen-bond acceptors (Lipinski definition) is 2. The zero-order valence-corrected chi connectivity index (χ0v) is 15.1. The van der Waals surface area contributed by atoms with Crippen LogP contribution in [0.15, 0.2) is 54.6 Å². The molecule has 3 heteroatoms. The molecule has 130 valence electrons. The topological polar surface area (TPSA) is 23.6 Å². The van der Waals surface area contributed by atoms with Crippen LogP contribution >= 0.6 is 0 Å². The van der Waals surface area contributed by atoms with Crippen LogP contribution in [0.4, 0.5) is 11.4 Å². The van der Waals surface area contributed by atoms with Crippen LogP contribution in [0.2, 0.25) is 0 Å². The largest absolute Gasteiger partial charge is 0.373 e. The van der Waals surface area contributed by atoms with Crippen LogP contribution in [0.1, 0.15) is 31.2 Å². The standard InChI is InChI=1S/C22H26N2O/c1-23-16-22(19-10-6-7-11-20(19)23)14-12-17(13-15-22)21(25)24(2)18-8-4-3-5-9-18/h3-11,17H,12-16H2,1-2H3. The second-order valence-electron chi connectivity index (χ2n) is 7.66. The number of likely N-dealkylation sites (N-methyl/N-ethyl adjacent to an activating group) is 1. The molecule has 2 aliphatic rings. The van der Waals surface area contributed by atoms with E-state index in [4.69, 9.17) is 0 Å². The summed E-state index contributed by atoms with van der Waals surface area (Å²) in [6, 6.07) is 18.8. The monoisotopic (exact) mass is 334 g/mol. The minimum Gasteiger partial charge on any atom is -0.373 e. The molecule has 0 aromatic heterocycles. The van der Waals surface area contributed by atoms with Gasteiger partial charge in [0.1, 0.15) is 0 Å². The Morgan fingerprint density at radius 3 is 2.40 bits per heavy atom. The molecule has 1 aliphatic heterocycles. The molecule has 25 heavy (non-hydrogen) atoms. The molecule has 0 bridgehead atoms. The minimum atomic E-state index is 0.147. The van der Waals surface area contributed by atoms with Gasteiger partial charge < -0.3 is 9.80 Å². The predicted octanol–water partition coefficient (Wildman–Crippen LogP) is 4.23. The normalized spacial score (nSPS) is 25.0. The van der Waals surface area contributed by atoms with Crippen molar-refractivity contribution in [3.8, 4) is 0 Å². The molecule has 0 unspecified atom stereocenters. The summed E-state index contributed by atoms with van der Waals surface area (Å²) in [5.41, 5.74) is 4.08. The smallest absolute Gasteiger partial charge is 0.229 e. The van der Waals surface area contributed by atoms with Crippen LogP contribution in [-0.2, 0) is 10.2 Å². The van der Waals surface area contributed by atoms with Crippen LogP contribution in [0.5, 0.6) is 0 Å². The zero-order chi connectivity index (χ0) is 17.4. The summed E-state index contributed by atoms with van der Waals surface area (Å²) in [4.78, 5) is 17.1. The Balaban J connectivity index is 1.48. The van der Waals surface area contributed by atoms with Gasteiger partial charge in [-0.2, -0.15) is 0 Å². The van der Waals surface area contributed by atoms with E-state index in [1.165, 1.54) is 11.3 Å². The van der Waals surface area contributed by atoms with E-state index in [2.05, 4.69) is 36.2 Å². The lowest BCUT2D eigenvalue weighted by molar-refractivity contribution is -0.123. The number of carbonyl (C=O) groups excluding carboxylic acids is 1. The highest BCUT2D eigenvalue weighted by Crippen LogP contribution is 2.49. The van der Waals surface area contributed by atoms with E-state index >= 15 is 0 Å². The molecule has 2 aromatic carbocycles. The number of nitrogens with zero attached hydrogens (tertiary/aromatic N) is 2. The SMILES string of the molecule is CN1CC2(CCC(C(=O)N(C)c3ccccc3)CC2)c2ccccc21. The van der Waals surface area contributed by atoms with Gasteiger partial charge in [0.25, 0.3) is 0 Å². The highest BCUT2D eigenvalue weighted by Gasteiger charge is 2.45. The van der Waals surface area contributed by atoms with E-state index in [1.807, 2.05) is 42.3 Å². The molecule has 1 fully saturated rings. The maximum Gasteiger partial charge on any atom is 0.229 e. The van der Waals surface area contributed by atoms with Gasteiger partial charge in [0.05, 0.1) is 0 Å². The summed E-state index contributed by atoms with van der Waals surface area (Å²) < 4.78 is 0. The van der Waals surface area contributed by atoms with Gasteiger partial charge >= 0.3 is 0 Å². The second kappa shape index (κ2) is 6.21. The first-order valence-electron chi connectivity index (χ1n) is 9.24. The Kier molecular flexibility index (Phi) is 4.03. The summed E-state index contributed by atoms with van der Waals surface area (Å²) in [6.45, 7) is 1.09. The predicted molar refractivity (Wildman–Crippen MR) is 103 cm³/mol. The van der Waals surface area contributed by atoms with Gasteiger partial charge in [-0.25, -0.2) is 0 Å². The molecule has 1 aliphatic carbocycles. The van der Waals surface area contributed by atoms with Crippen molar-refractivity contribution in [1.82, 2.24) is 0 Å². The van der Waals surface area contributed by atoms with E-state index in [-0.39, 0.29) is 17.2 Å². The molecule has 4 rings (SSSR count). The van der Waals surface area contributed by atoms with Crippen molar-refractivity contribution in [2.24, 2.45) is 5.92 Å². The number of amides is 1. The summed E-state index contributed by atoms with van der Waals surface area (Å²) in [5.74, 6) is 0.412. The van der Waals surface area contributed by atoms with Crippen LogP contribution in [-0.4, -0.2) is 26.5 Å². The number of anilines is 2. The third kappa shape index (κ3) is 2.72. The van der Waals surface area contributed by atoms with E-state index < -0.39 is 0 Å². The summed E-state index contributed by atoms with van der Waals surface area (Å²) in [7, 11) is 4.09. The molecule has 1 saturated carbocycles. The molecule has 1 heterocycles. The Labute approximate surface area is 150 Å². The van der Waals surface area contributed by atoms with Crippen molar-refractivity contribution in [1.29, 1.82) is 0 Å². The van der Waals surface area contributed by atoms with Crippen molar-refractivity contribution < 1.29 is 4.79 Å². The number of rotatable bonds is 2. The van der Waals surface area contributed by atoms with E-state index in [0.29, 0.717) is 0 Å². The molecule has 0 saturated heterocycles. The van der Waals surface area contributed by atoms with Gasteiger partial charge in [-0.15, -0.1) is 0 Å². The van der Waals surface area contributed by atoms with Gasteiger partial charge in [-0.3, -0.25) is 4.79 Å². The molecule has 0 atom stereocenters. The molecular weight excluding hydrogens is 308 g/mol. The Hall–Kier alpha value is -2.29. The quantitative estimate of drug-likeness (QED) is 0.820. The molecule has 3 nitrogen and oxygen atoms in total. The first kappa shape index (κ1) is 16.2. The number of benzene rings is 2. The number of hydrogen-bond donors (Lipinski definition) is 0. The first-order valence-corrected chi connectivity index (χ1v) is 9.24. The van der Waals surface area contributed by atoms with Crippen LogP contribution in [0.3, 0.4) is 0 Å². The van der Waals surface area contributed by atoms with Gasteiger partial charge in [0.15, 0.2) is 0 Å². The van der Waals surface area contributed by atoms with E-state index in [9.17, 15) is 4.79 Å². The lowest BCUT2D eigenvalue weighted by Gasteiger charge is -2.38. The molecule has 1 amide bonds. The average molecular weight is 334 g/mol. The summed E-state index contributed by atoms with van der Waals surface area (Å²) in [6.07, 6.45) is 4.18. The highest BCUT2D eigenvalue weighted by atomic mass is 16.2. The molecule has 0 N–H and O–H groups in total. The van der Waals surface area contributed by atoms with E-state index in [1.54, 1.807) is 0 Å². The number of fused-ring (bicyclic) bond motifs is 2. The molecule has 2 aromatic rings. The van der Waals surface area contributed by atoms with Gasteiger partial charge in [0, 0.05) is 43.3 Å². The van der Waals surface area contributed by atoms with Crippen molar-refractivity contribution in [3.05, 3.63) is 60.2 Å². The van der Waals surface area contributed by atoms with Gasteiger partial charge in [-0.05, 0) is 49.4 Å². The van der Waals surface area contributed by atoms with Crippen LogP contribution in [0, 0.1) is 5.92 Å². The third-order valence-electron chi connectivity index (χ3n) is 6.19. The van der Waals surface area contributed by atoms with Gasteiger partial charge in [-0.1, -0.05) is 36.4 Å². The van der Waals surface area contributed by atoms with Crippen molar-refractivity contribution in [2.45, 2.75) is 31.1 Å². The minimum absolute atomic E-state index is 0.147. The molecular formula is C22H26N2O. The van der Waals surface area contributed by atoms with E-state index in [0.717, 1.165) is 37.9 Å². The fourth-order valence-corrected chi connectivity index (χ4v) is 4.78. The lowest BCUT2D eigenvalue weighted by atomic mass is 9.67. The number of para-hydroxylation sites is 2. The maximum absolute atomic E-state index is 12.9. The van der Waals surface area contributed by atoms with Crippen LogP contribution in [0.25, 0.3) is 0 Å². The van der Waals surface area contributed by atoms with Crippen molar-refractivity contribution >= 4 is 17.3 Å². The second-order valence-corrected chi connectivity index (χ2v) is 7.66. The van der Waals surface area contributed by atoms with Gasteiger partial charge in [0.2, 0.25) is 5.91 Å². The zero-order valence-electron chi connectivity index (χ0n) is 15.1. The summed E-state index contributed by atoms with van der Waals surface area (Å²) in [5, 5.41) is 0. The Bertz CT molecular complexity index is 763. The highest BCUT2D eigenvalue weighted by molar-refractivity contribution is 5.94. The lowest BCUT2D eigenvalue weighted by Crippen LogP contribution is -2.41.